The molecule has 20 heavy (non-hydrogen) atoms. The quantitative estimate of drug-likeness (QED) is 0.856. The van der Waals surface area contributed by atoms with E-state index in [0.717, 1.165) is 12.1 Å². The summed E-state index contributed by atoms with van der Waals surface area (Å²) in [5.74, 6) is -3.51. The predicted molar refractivity (Wildman–Crippen MR) is 68.7 cm³/mol. The van der Waals surface area contributed by atoms with Crippen molar-refractivity contribution in [3.05, 3.63) is 41.7 Å². The monoisotopic (exact) mass is 284 g/mol. The van der Waals surface area contributed by atoms with Crippen LogP contribution in [0, 0.1) is 17.5 Å². The van der Waals surface area contributed by atoms with E-state index in [1.807, 2.05) is 13.8 Å². The second-order valence-corrected chi connectivity index (χ2v) is 4.70. The van der Waals surface area contributed by atoms with E-state index in [-0.39, 0.29) is 11.3 Å². The van der Waals surface area contributed by atoms with Gasteiger partial charge in [-0.3, -0.25) is 0 Å². The van der Waals surface area contributed by atoms with E-state index in [1.54, 1.807) is 0 Å². The van der Waals surface area contributed by atoms with Gasteiger partial charge in [0.15, 0.2) is 29.1 Å². The van der Waals surface area contributed by atoms with Gasteiger partial charge in [-0.15, -0.1) is 0 Å². The normalized spacial score (nSPS) is 11.3. The van der Waals surface area contributed by atoms with Gasteiger partial charge in [0.1, 0.15) is 0 Å². The molecule has 0 amide bonds. The topological polar surface area (TPSA) is 38.1 Å². The summed E-state index contributed by atoms with van der Waals surface area (Å²) >= 11 is 0. The van der Waals surface area contributed by atoms with E-state index < -0.39 is 17.5 Å². The van der Waals surface area contributed by atoms with Gasteiger partial charge in [-0.1, -0.05) is 13.8 Å². The summed E-state index contributed by atoms with van der Waals surface area (Å²) in [5.41, 5.74) is -0.139. The molecule has 0 aliphatic carbocycles. The van der Waals surface area contributed by atoms with E-state index in [2.05, 4.69) is 10.3 Å². The first-order chi connectivity index (χ1) is 9.49. The first-order valence-electron chi connectivity index (χ1n) is 6.31. The number of nitrogens with one attached hydrogen (secondary N) is 1. The number of hydrogen-bond acceptors (Lipinski definition) is 3. The minimum absolute atomic E-state index is 0.0842. The highest BCUT2D eigenvalue weighted by Crippen LogP contribution is 2.26. The molecule has 2 rings (SSSR count). The van der Waals surface area contributed by atoms with E-state index in [9.17, 15) is 13.2 Å². The minimum atomic E-state index is -1.51. The minimum Gasteiger partial charge on any atom is -0.441 e. The Morgan fingerprint density at radius 3 is 2.65 bits per heavy atom. The second-order valence-electron chi connectivity index (χ2n) is 4.70. The maximum absolute atomic E-state index is 13.6. The van der Waals surface area contributed by atoms with Crippen molar-refractivity contribution in [2.75, 3.05) is 6.54 Å². The lowest BCUT2D eigenvalue weighted by Crippen LogP contribution is -2.24. The maximum Gasteiger partial charge on any atom is 0.196 e. The van der Waals surface area contributed by atoms with Crippen LogP contribution in [0.25, 0.3) is 11.3 Å². The molecule has 2 aromatic rings. The number of benzene rings is 1. The van der Waals surface area contributed by atoms with Crippen LogP contribution in [-0.4, -0.2) is 17.6 Å². The van der Waals surface area contributed by atoms with E-state index in [0.29, 0.717) is 24.9 Å². The summed E-state index contributed by atoms with van der Waals surface area (Å²) in [5, 5.41) is 3.19. The van der Waals surface area contributed by atoms with Crippen LogP contribution >= 0.6 is 0 Å². The number of halogens is 3. The van der Waals surface area contributed by atoms with Gasteiger partial charge in [0, 0.05) is 19.0 Å². The van der Waals surface area contributed by atoms with E-state index in [1.165, 1.54) is 6.20 Å². The maximum atomic E-state index is 13.6. The molecule has 0 radical (unpaired) electrons. The number of nitrogens with zero attached hydrogens (tertiary/aromatic N) is 1. The lowest BCUT2D eigenvalue weighted by Gasteiger charge is -2.05. The zero-order valence-electron chi connectivity index (χ0n) is 11.2. The molecular formula is C14H15F3N2O. The molecule has 0 spiro atoms. The highest BCUT2D eigenvalue weighted by atomic mass is 19.2. The van der Waals surface area contributed by atoms with Crippen molar-refractivity contribution in [2.24, 2.45) is 0 Å². The van der Waals surface area contributed by atoms with Gasteiger partial charge in [0.05, 0.1) is 11.8 Å². The van der Waals surface area contributed by atoms with Crippen molar-refractivity contribution in [3.8, 4) is 11.3 Å². The summed E-state index contributed by atoms with van der Waals surface area (Å²) in [6, 6.07) is 2.33. The lowest BCUT2D eigenvalue weighted by atomic mass is 10.1. The molecule has 0 saturated heterocycles. The van der Waals surface area contributed by atoms with Crippen LogP contribution in [0.3, 0.4) is 0 Å². The van der Waals surface area contributed by atoms with Gasteiger partial charge in [0.25, 0.3) is 0 Å². The van der Waals surface area contributed by atoms with Gasteiger partial charge in [-0.05, 0) is 12.1 Å². The third kappa shape index (κ3) is 3.19. The highest BCUT2D eigenvalue weighted by molar-refractivity contribution is 5.57. The fourth-order valence-corrected chi connectivity index (χ4v) is 1.73. The van der Waals surface area contributed by atoms with Crippen LogP contribution in [0.4, 0.5) is 13.2 Å². The summed E-state index contributed by atoms with van der Waals surface area (Å²) in [6.07, 6.45) is 1.84. The molecule has 1 aromatic carbocycles. The molecular weight excluding hydrogens is 269 g/mol. The first-order valence-corrected chi connectivity index (χ1v) is 6.31. The summed E-state index contributed by atoms with van der Waals surface area (Å²) < 4.78 is 45.0. The van der Waals surface area contributed by atoms with Gasteiger partial charge in [0.2, 0.25) is 0 Å². The van der Waals surface area contributed by atoms with Crippen molar-refractivity contribution < 1.29 is 17.6 Å². The Kier molecular flexibility index (Phi) is 4.44. The SMILES string of the molecule is CC(C)NCCc1ncc(-c2ccc(F)c(F)c2F)o1. The molecule has 1 heterocycles. The van der Waals surface area contributed by atoms with Crippen LogP contribution in [-0.2, 0) is 6.42 Å². The van der Waals surface area contributed by atoms with Crippen LogP contribution in [0.15, 0.2) is 22.7 Å². The van der Waals surface area contributed by atoms with E-state index >= 15 is 0 Å². The third-order valence-corrected chi connectivity index (χ3v) is 2.75. The van der Waals surface area contributed by atoms with Crippen molar-refractivity contribution in [1.82, 2.24) is 10.3 Å². The Balaban J connectivity index is 2.15. The van der Waals surface area contributed by atoms with Crippen LogP contribution in [0.2, 0.25) is 0 Å². The smallest absolute Gasteiger partial charge is 0.196 e. The van der Waals surface area contributed by atoms with Crippen LogP contribution < -0.4 is 5.32 Å². The zero-order chi connectivity index (χ0) is 14.7. The molecule has 3 nitrogen and oxygen atoms in total. The standard InChI is InChI=1S/C14H15F3N2O/c1-8(2)18-6-5-12-19-7-11(20-12)9-3-4-10(15)14(17)13(9)16/h3-4,7-8,18H,5-6H2,1-2H3. The molecule has 0 saturated carbocycles. The Hall–Kier alpha value is -1.82. The van der Waals surface area contributed by atoms with Crippen LogP contribution in [0.5, 0.6) is 0 Å². The summed E-state index contributed by atoms with van der Waals surface area (Å²) in [4.78, 5) is 3.99. The lowest BCUT2D eigenvalue weighted by molar-refractivity contribution is 0.443. The van der Waals surface area contributed by atoms with Crippen molar-refractivity contribution in [2.45, 2.75) is 26.3 Å². The molecule has 0 bridgehead atoms. The van der Waals surface area contributed by atoms with Gasteiger partial charge in [-0.25, -0.2) is 18.2 Å². The molecule has 1 N–H and O–H groups in total. The third-order valence-electron chi connectivity index (χ3n) is 2.75. The average Bonchev–Trinajstić information content (AvgIpc) is 2.84. The van der Waals surface area contributed by atoms with Crippen molar-refractivity contribution in [3.63, 3.8) is 0 Å². The fraction of sp³-hybridized carbons (Fsp3) is 0.357. The molecule has 0 atom stereocenters. The van der Waals surface area contributed by atoms with Gasteiger partial charge in [-0.2, -0.15) is 0 Å². The number of rotatable bonds is 5. The largest absolute Gasteiger partial charge is 0.441 e. The molecule has 0 unspecified atom stereocenters. The molecule has 0 aliphatic rings. The number of aromatic nitrogens is 1. The summed E-state index contributed by atoms with van der Waals surface area (Å²) in [7, 11) is 0. The molecule has 0 aliphatic heterocycles. The fourth-order valence-electron chi connectivity index (χ4n) is 1.73. The van der Waals surface area contributed by atoms with E-state index in [4.69, 9.17) is 4.42 Å². The first kappa shape index (κ1) is 14.6. The van der Waals surface area contributed by atoms with Gasteiger partial charge < -0.3 is 9.73 Å². The van der Waals surface area contributed by atoms with Crippen molar-refractivity contribution >= 4 is 0 Å². The van der Waals surface area contributed by atoms with Crippen molar-refractivity contribution in [1.29, 1.82) is 0 Å². The Bertz CT molecular complexity index is 596. The second kappa shape index (κ2) is 6.09. The van der Waals surface area contributed by atoms with Gasteiger partial charge >= 0.3 is 0 Å². The molecule has 108 valence electrons. The molecule has 1 aromatic heterocycles. The highest BCUT2D eigenvalue weighted by Gasteiger charge is 2.17. The summed E-state index contributed by atoms with van der Waals surface area (Å²) in [6.45, 7) is 4.69. The molecule has 6 heteroatoms. The Morgan fingerprint density at radius 2 is 1.95 bits per heavy atom. The zero-order valence-corrected chi connectivity index (χ0v) is 11.2. The number of oxazole rings is 1. The van der Waals surface area contributed by atoms with Crippen LogP contribution in [0.1, 0.15) is 19.7 Å². The Morgan fingerprint density at radius 1 is 1.20 bits per heavy atom. The molecule has 0 fully saturated rings. The Labute approximate surface area is 114 Å². The average molecular weight is 284 g/mol. The number of hydrogen-bond donors (Lipinski definition) is 1. The predicted octanol–water partition coefficient (Wildman–Crippen LogP) is 3.30.